The summed E-state index contributed by atoms with van der Waals surface area (Å²) in [6.07, 6.45) is 9.22. The van der Waals surface area contributed by atoms with Crippen LogP contribution in [0.15, 0.2) is 41.4 Å². The third kappa shape index (κ3) is 3.82. The molecule has 3 aromatic heterocycles. The van der Waals surface area contributed by atoms with E-state index in [1.807, 2.05) is 19.1 Å². The second kappa shape index (κ2) is 8.21. The fraction of sp³-hybridized carbons (Fsp3) is 0.333. The first-order valence-corrected chi connectivity index (χ1v) is 9.95. The summed E-state index contributed by atoms with van der Waals surface area (Å²) in [6.45, 7) is 5.03. The van der Waals surface area contributed by atoms with Crippen molar-refractivity contribution in [1.29, 1.82) is 0 Å². The zero-order chi connectivity index (χ0) is 20.4. The van der Waals surface area contributed by atoms with Gasteiger partial charge in [-0.25, -0.2) is 9.97 Å². The molecule has 4 heterocycles. The molecule has 4 rings (SSSR count). The van der Waals surface area contributed by atoms with Crippen LogP contribution in [0.5, 0.6) is 0 Å². The highest BCUT2D eigenvalue weighted by atomic mass is 35.5. The molecule has 1 N–H and O–H groups in total. The lowest BCUT2D eigenvalue weighted by molar-refractivity contribution is 0.111. The summed E-state index contributed by atoms with van der Waals surface area (Å²) >= 11 is 5.95. The first kappa shape index (κ1) is 19.4. The van der Waals surface area contributed by atoms with E-state index in [0.29, 0.717) is 22.2 Å². The van der Waals surface area contributed by atoms with Crippen LogP contribution in [0, 0.1) is 6.92 Å². The number of piperidine rings is 1. The largest absolute Gasteiger partial charge is 0.444 e. The predicted octanol–water partition coefficient (Wildman–Crippen LogP) is 4.38. The number of anilines is 2. The molecule has 8 heteroatoms. The first-order chi connectivity index (χ1) is 14.1. The molecule has 1 aliphatic rings. The van der Waals surface area contributed by atoms with E-state index in [1.54, 1.807) is 18.6 Å². The third-order valence-electron chi connectivity index (χ3n) is 5.36. The van der Waals surface area contributed by atoms with Crippen LogP contribution in [0.1, 0.15) is 35.8 Å². The van der Waals surface area contributed by atoms with Crippen LogP contribution in [-0.4, -0.2) is 39.9 Å². The number of aryl methyl sites for hydroxylation is 1. The van der Waals surface area contributed by atoms with Crippen LogP contribution < -0.4 is 10.2 Å². The van der Waals surface area contributed by atoms with E-state index < -0.39 is 0 Å². The zero-order valence-corrected chi connectivity index (χ0v) is 17.1. The molecule has 1 saturated heterocycles. The van der Waals surface area contributed by atoms with E-state index in [0.717, 1.165) is 42.7 Å². The van der Waals surface area contributed by atoms with Gasteiger partial charge in [-0.2, -0.15) is 0 Å². The number of rotatable bonds is 5. The summed E-state index contributed by atoms with van der Waals surface area (Å²) in [4.78, 5) is 26.9. The van der Waals surface area contributed by atoms with Crippen LogP contribution in [-0.2, 0) is 0 Å². The number of pyridine rings is 2. The minimum Gasteiger partial charge on any atom is -0.444 e. The van der Waals surface area contributed by atoms with Crippen LogP contribution in [0.3, 0.4) is 0 Å². The minimum atomic E-state index is 0.149. The fourth-order valence-corrected chi connectivity index (χ4v) is 4.04. The summed E-state index contributed by atoms with van der Waals surface area (Å²) in [5.41, 5.74) is 2.88. The van der Waals surface area contributed by atoms with Gasteiger partial charge in [0.2, 0.25) is 5.89 Å². The Morgan fingerprint density at radius 3 is 2.83 bits per heavy atom. The molecule has 2 atom stereocenters. The van der Waals surface area contributed by atoms with Gasteiger partial charge in [-0.1, -0.05) is 11.6 Å². The van der Waals surface area contributed by atoms with Crippen molar-refractivity contribution in [2.45, 2.75) is 38.8 Å². The van der Waals surface area contributed by atoms with Gasteiger partial charge in [-0.05, 0) is 44.4 Å². The molecule has 0 radical (unpaired) electrons. The highest BCUT2D eigenvalue weighted by Crippen LogP contribution is 2.38. The van der Waals surface area contributed by atoms with Crippen molar-refractivity contribution in [1.82, 2.24) is 15.0 Å². The van der Waals surface area contributed by atoms with Gasteiger partial charge in [-0.15, -0.1) is 0 Å². The van der Waals surface area contributed by atoms with Crippen molar-refractivity contribution < 1.29 is 9.21 Å². The number of hydrogen-bond acceptors (Lipinski definition) is 7. The van der Waals surface area contributed by atoms with Gasteiger partial charge in [0.1, 0.15) is 17.8 Å². The molecule has 1 fully saturated rings. The standard InChI is InChI=1S/C21H22ClN5O2/c1-13-10-24-17(12-28)19(21-23-7-9-29-21)20(13)27-8-3-4-16(14(27)2)26-18-6-5-15(22)11-25-18/h5-7,9-12,14,16H,3-4,8H2,1-2H3,(H,25,26)/t14-,16+/m0/s1. The molecule has 0 saturated carbocycles. The summed E-state index contributed by atoms with van der Waals surface area (Å²) in [7, 11) is 0. The number of halogens is 1. The lowest BCUT2D eigenvalue weighted by Crippen LogP contribution is -2.50. The van der Waals surface area contributed by atoms with Gasteiger partial charge in [-0.3, -0.25) is 9.78 Å². The Morgan fingerprint density at radius 2 is 2.14 bits per heavy atom. The Kier molecular flexibility index (Phi) is 5.49. The van der Waals surface area contributed by atoms with Crippen molar-refractivity contribution in [2.75, 3.05) is 16.8 Å². The molecular formula is C21H22ClN5O2. The third-order valence-corrected chi connectivity index (χ3v) is 5.58. The number of aromatic nitrogens is 3. The number of carbonyl (C=O) groups excluding carboxylic acids is 1. The second-order valence-corrected chi connectivity index (χ2v) is 7.63. The minimum absolute atomic E-state index is 0.149. The number of nitrogens with zero attached hydrogens (tertiary/aromatic N) is 4. The maximum atomic E-state index is 11.7. The summed E-state index contributed by atoms with van der Waals surface area (Å²) in [5.74, 6) is 1.20. The topological polar surface area (TPSA) is 84.2 Å². The molecule has 0 unspecified atom stereocenters. The van der Waals surface area contributed by atoms with Crippen molar-refractivity contribution in [3.8, 4) is 11.5 Å². The quantitative estimate of drug-likeness (QED) is 0.624. The summed E-state index contributed by atoms with van der Waals surface area (Å²) < 4.78 is 5.54. The Hall–Kier alpha value is -2.93. The highest BCUT2D eigenvalue weighted by Gasteiger charge is 2.32. The molecular weight excluding hydrogens is 390 g/mol. The molecule has 0 aliphatic carbocycles. The smallest absolute Gasteiger partial charge is 0.230 e. The SMILES string of the molecule is Cc1cnc(C=O)c(-c2ncco2)c1N1CCC[C@@H](Nc2ccc(Cl)cn2)[C@@H]1C. The Balaban J connectivity index is 1.70. The van der Waals surface area contributed by atoms with Gasteiger partial charge in [0.15, 0.2) is 6.29 Å². The molecule has 150 valence electrons. The van der Waals surface area contributed by atoms with Gasteiger partial charge in [0.05, 0.1) is 22.5 Å². The van der Waals surface area contributed by atoms with Crippen molar-refractivity contribution in [3.05, 3.63) is 53.3 Å². The Bertz CT molecular complexity index is 991. The Labute approximate surface area is 174 Å². The van der Waals surface area contributed by atoms with Gasteiger partial charge >= 0.3 is 0 Å². The molecule has 7 nitrogen and oxygen atoms in total. The van der Waals surface area contributed by atoms with Crippen LogP contribution in [0.4, 0.5) is 11.5 Å². The monoisotopic (exact) mass is 411 g/mol. The summed E-state index contributed by atoms with van der Waals surface area (Å²) in [6, 6.07) is 4.04. The normalized spacial score (nSPS) is 19.2. The molecule has 0 spiro atoms. The van der Waals surface area contributed by atoms with Gasteiger partial charge < -0.3 is 14.6 Å². The van der Waals surface area contributed by atoms with Crippen molar-refractivity contribution in [3.63, 3.8) is 0 Å². The maximum absolute atomic E-state index is 11.7. The zero-order valence-electron chi connectivity index (χ0n) is 16.3. The van der Waals surface area contributed by atoms with Crippen molar-refractivity contribution in [2.24, 2.45) is 0 Å². The average molecular weight is 412 g/mol. The highest BCUT2D eigenvalue weighted by molar-refractivity contribution is 6.30. The van der Waals surface area contributed by atoms with E-state index in [9.17, 15) is 4.79 Å². The number of hydrogen-bond donors (Lipinski definition) is 1. The molecule has 3 aromatic rings. The predicted molar refractivity (Wildman–Crippen MR) is 113 cm³/mol. The van der Waals surface area contributed by atoms with E-state index in [2.05, 4.69) is 32.1 Å². The summed E-state index contributed by atoms with van der Waals surface area (Å²) in [5, 5.41) is 4.13. The average Bonchev–Trinajstić information content (AvgIpc) is 3.26. The number of carbonyl (C=O) groups is 1. The second-order valence-electron chi connectivity index (χ2n) is 7.19. The van der Waals surface area contributed by atoms with Gasteiger partial charge in [0, 0.05) is 31.0 Å². The first-order valence-electron chi connectivity index (χ1n) is 9.58. The fourth-order valence-electron chi connectivity index (χ4n) is 3.93. The number of oxazole rings is 1. The van der Waals surface area contributed by atoms with E-state index in [1.165, 1.54) is 6.26 Å². The van der Waals surface area contributed by atoms with E-state index >= 15 is 0 Å². The molecule has 0 amide bonds. The number of aldehydes is 1. The van der Waals surface area contributed by atoms with E-state index in [-0.39, 0.29) is 12.1 Å². The van der Waals surface area contributed by atoms with Gasteiger partial charge in [0.25, 0.3) is 0 Å². The van der Waals surface area contributed by atoms with Crippen LogP contribution in [0.25, 0.3) is 11.5 Å². The van der Waals surface area contributed by atoms with Crippen molar-refractivity contribution >= 4 is 29.4 Å². The molecule has 0 aromatic carbocycles. The Morgan fingerprint density at radius 1 is 1.28 bits per heavy atom. The lowest BCUT2D eigenvalue weighted by atomic mass is 9.94. The van der Waals surface area contributed by atoms with E-state index in [4.69, 9.17) is 16.0 Å². The van der Waals surface area contributed by atoms with Crippen LogP contribution >= 0.6 is 11.6 Å². The molecule has 29 heavy (non-hydrogen) atoms. The lowest BCUT2D eigenvalue weighted by Gasteiger charge is -2.42. The van der Waals surface area contributed by atoms with Crippen LogP contribution in [0.2, 0.25) is 5.02 Å². The molecule has 1 aliphatic heterocycles. The number of nitrogens with one attached hydrogen (secondary N) is 1. The maximum Gasteiger partial charge on any atom is 0.230 e. The molecule has 0 bridgehead atoms.